The quantitative estimate of drug-likeness (QED) is 0.720. The number of hydrogen-bond donors (Lipinski definition) is 3. The highest BCUT2D eigenvalue weighted by Crippen LogP contribution is 2.22. The van der Waals surface area contributed by atoms with Crippen LogP contribution < -0.4 is 10.8 Å². The van der Waals surface area contributed by atoms with Crippen molar-refractivity contribution in [2.45, 2.75) is 12.6 Å². The van der Waals surface area contributed by atoms with E-state index < -0.39 is 0 Å². The fraction of sp³-hybridized carbons (Fsp3) is 0.133. The first kappa shape index (κ1) is 11.7. The standard InChI is InChI=1S/C15H15N3O/c19-18-15-12-8-4-5-9-13(12)16-14(17-15)10-11-6-2-1-3-7-11/h1-9,14,16,19H,10H2,(H,17,18). The Morgan fingerprint density at radius 1 is 1.05 bits per heavy atom. The van der Waals surface area contributed by atoms with Gasteiger partial charge in [-0.05, 0) is 17.7 Å². The molecule has 0 aromatic heterocycles. The van der Waals surface area contributed by atoms with Crippen LogP contribution in [0.5, 0.6) is 0 Å². The molecule has 0 spiro atoms. The minimum Gasteiger partial charge on any atom is -0.363 e. The van der Waals surface area contributed by atoms with Crippen LogP contribution in [0.4, 0.5) is 5.69 Å². The number of rotatable bonds is 2. The largest absolute Gasteiger partial charge is 0.363 e. The van der Waals surface area contributed by atoms with Crippen LogP contribution in [-0.4, -0.2) is 17.2 Å². The molecule has 0 aliphatic carbocycles. The summed E-state index contributed by atoms with van der Waals surface area (Å²) >= 11 is 0. The van der Waals surface area contributed by atoms with Crippen LogP contribution in [0, 0.1) is 0 Å². The topological polar surface area (TPSA) is 56.6 Å². The highest BCUT2D eigenvalue weighted by atomic mass is 16.5. The molecule has 4 nitrogen and oxygen atoms in total. The maximum Gasteiger partial charge on any atom is 0.156 e. The molecule has 1 aliphatic rings. The monoisotopic (exact) mass is 253 g/mol. The van der Waals surface area contributed by atoms with Gasteiger partial charge in [0.25, 0.3) is 0 Å². The molecule has 3 rings (SSSR count). The number of aliphatic imine (C=N–C) groups is 1. The van der Waals surface area contributed by atoms with Gasteiger partial charge in [0.15, 0.2) is 5.84 Å². The molecule has 2 aromatic rings. The lowest BCUT2D eigenvalue weighted by molar-refractivity contribution is 0.234. The third-order valence-electron chi connectivity index (χ3n) is 3.17. The summed E-state index contributed by atoms with van der Waals surface area (Å²) in [6.07, 6.45) is 0.701. The molecule has 19 heavy (non-hydrogen) atoms. The molecule has 3 N–H and O–H groups in total. The summed E-state index contributed by atoms with van der Waals surface area (Å²) < 4.78 is 0. The van der Waals surface area contributed by atoms with Crippen LogP contribution in [0.15, 0.2) is 59.6 Å². The Labute approximate surface area is 111 Å². The third-order valence-corrected chi connectivity index (χ3v) is 3.17. The molecule has 0 radical (unpaired) electrons. The average Bonchev–Trinajstić information content (AvgIpc) is 2.47. The predicted octanol–water partition coefficient (Wildman–Crippen LogP) is 2.41. The van der Waals surface area contributed by atoms with Crippen molar-refractivity contribution in [2.24, 2.45) is 4.99 Å². The van der Waals surface area contributed by atoms with Gasteiger partial charge in [-0.3, -0.25) is 10.7 Å². The number of anilines is 1. The van der Waals surface area contributed by atoms with E-state index in [0.29, 0.717) is 5.84 Å². The summed E-state index contributed by atoms with van der Waals surface area (Å²) in [5.74, 6) is 0.510. The SMILES string of the molecule is ONC1=NC(Cc2ccccc2)Nc2ccccc21. The van der Waals surface area contributed by atoms with E-state index in [1.165, 1.54) is 5.56 Å². The number of fused-ring (bicyclic) bond motifs is 1. The predicted molar refractivity (Wildman–Crippen MR) is 75.5 cm³/mol. The van der Waals surface area contributed by atoms with Gasteiger partial charge < -0.3 is 5.32 Å². The molecule has 0 fully saturated rings. The van der Waals surface area contributed by atoms with Crippen molar-refractivity contribution in [3.05, 3.63) is 65.7 Å². The number of para-hydroxylation sites is 1. The van der Waals surface area contributed by atoms with E-state index in [9.17, 15) is 5.21 Å². The van der Waals surface area contributed by atoms with Crippen LogP contribution in [0.2, 0.25) is 0 Å². The molecule has 1 heterocycles. The van der Waals surface area contributed by atoms with Gasteiger partial charge in [0.05, 0.1) is 0 Å². The highest BCUT2D eigenvalue weighted by Gasteiger charge is 2.19. The lowest BCUT2D eigenvalue weighted by Gasteiger charge is -2.25. The normalized spacial score (nSPS) is 17.1. The van der Waals surface area contributed by atoms with Gasteiger partial charge in [-0.25, -0.2) is 4.99 Å². The first-order chi connectivity index (χ1) is 9.36. The minimum absolute atomic E-state index is 0.0769. The van der Waals surface area contributed by atoms with Crippen molar-refractivity contribution >= 4 is 11.5 Å². The first-order valence-electron chi connectivity index (χ1n) is 6.24. The Morgan fingerprint density at radius 3 is 2.58 bits per heavy atom. The van der Waals surface area contributed by atoms with Gasteiger partial charge in [0.1, 0.15) is 6.17 Å². The lowest BCUT2D eigenvalue weighted by Crippen LogP contribution is -2.33. The fourth-order valence-electron chi connectivity index (χ4n) is 2.28. The zero-order valence-electron chi connectivity index (χ0n) is 10.4. The van der Waals surface area contributed by atoms with Crippen LogP contribution in [0.25, 0.3) is 0 Å². The van der Waals surface area contributed by atoms with Crippen molar-refractivity contribution in [3.8, 4) is 0 Å². The molecule has 0 saturated carbocycles. The smallest absolute Gasteiger partial charge is 0.156 e. The molecule has 4 heteroatoms. The van der Waals surface area contributed by atoms with Crippen molar-refractivity contribution < 1.29 is 5.21 Å². The molecule has 0 saturated heterocycles. The van der Waals surface area contributed by atoms with E-state index in [2.05, 4.69) is 27.9 Å². The van der Waals surface area contributed by atoms with E-state index in [1.807, 2.05) is 42.5 Å². The molecular formula is C15H15N3O. The third kappa shape index (κ3) is 2.44. The number of nitrogens with zero attached hydrogens (tertiary/aromatic N) is 1. The van der Waals surface area contributed by atoms with Gasteiger partial charge in [-0.15, -0.1) is 0 Å². The van der Waals surface area contributed by atoms with E-state index in [-0.39, 0.29) is 6.17 Å². The molecular weight excluding hydrogens is 238 g/mol. The summed E-state index contributed by atoms with van der Waals surface area (Å²) in [5, 5.41) is 12.6. The summed E-state index contributed by atoms with van der Waals surface area (Å²) in [7, 11) is 0. The number of hydroxylamine groups is 1. The molecule has 1 atom stereocenters. The Hall–Kier alpha value is -2.33. The Kier molecular flexibility index (Phi) is 3.16. The fourth-order valence-corrected chi connectivity index (χ4v) is 2.28. The summed E-state index contributed by atoms with van der Waals surface area (Å²) in [6.45, 7) is 0. The first-order valence-corrected chi connectivity index (χ1v) is 6.24. The van der Waals surface area contributed by atoms with E-state index in [4.69, 9.17) is 0 Å². The van der Waals surface area contributed by atoms with Crippen LogP contribution in [-0.2, 0) is 6.42 Å². The van der Waals surface area contributed by atoms with Crippen molar-refractivity contribution in [2.75, 3.05) is 5.32 Å². The molecule has 1 aliphatic heterocycles. The van der Waals surface area contributed by atoms with E-state index in [1.54, 1.807) is 0 Å². The van der Waals surface area contributed by atoms with Gasteiger partial charge in [-0.1, -0.05) is 42.5 Å². The number of hydrogen-bond acceptors (Lipinski definition) is 4. The van der Waals surface area contributed by atoms with Crippen LogP contribution in [0.1, 0.15) is 11.1 Å². The Morgan fingerprint density at radius 2 is 1.79 bits per heavy atom. The van der Waals surface area contributed by atoms with Gasteiger partial charge in [0.2, 0.25) is 0 Å². The number of nitrogens with one attached hydrogen (secondary N) is 2. The Bertz CT molecular complexity index is 595. The van der Waals surface area contributed by atoms with Crippen molar-refractivity contribution in [1.29, 1.82) is 0 Å². The number of benzene rings is 2. The molecule has 1 unspecified atom stereocenters. The molecule has 2 aromatic carbocycles. The summed E-state index contributed by atoms with van der Waals surface area (Å²) in [5.41, 5.74) is 5.26. The van der Waals surface area contributed by atoms with Gasteiger partial charge >= 0.3 is 0 Å². The summed E-state index contributed by atoms with van der Waals surface area (Å²) in [6, 6.07) is 18.0. The van der Waals surface area contributed by atoms with Crippen LogP contribution in [0.3, 0.4) is 0 Å². The zero-order valence-corrected chi connectivity index (χ0v) is 10.4. The number of amidine groups is 1. The van der Waals surface area contributed by atoms with E-state index in [0.717, 1.165) is 17.7 Å². The molecule has 0 amide bonds. The second-order valence-corrected chi connectivity index (χ2v) is 4.48. The van der Waals surface area contributed by atoms with Crippen molar-refractivity contribution in [1.82, 2.24) is 5.48 Å². The average molecular weight is 253 g/mol. The second kappa shape index (κ2) is 5.12. The molecule has 0 bridgehead atoms. The van der Waals surface area contributed by atoms with Gasteiger partial charge in [0, 0.05) is 17.7 Å². The zero-order chi connectivity index (χ0) is 13.1. The molecule has 96 valence electrons. The maximum absolute atomic E-state index is 9.21. The van der Waals surface area contributed by atoms with Gasteiger partial charge in [-0.2, -0.15) is 0 Å². The lowest BCUT2D eigenvalue weighted by atomic mass is 10.1. The summed E-state index contributed by atoms with van der Waals surface area (Å²) in [4.78, 5) is 4.48. The van der Waals surface area contributed by atoms with Crippen LogP contribution >= 0.6 is 0 Å². The van der Waals surface area contributed by atoms with Crippen molar-refractivity contribution in [3.63, 3.8) is 0 Å². The highest BCUT2D eigenvalue weighted by molar-refractivity contribution is 6.04. The second-order valence-electron chi connectivity index (χ2n) is 4.48. The Balaban J connectivity index is 1.87. The maximum atomic E-state index is 9.21. The minimum atomic E-state index is -0.0769. The van der Waals surface area contributed by atoms with E-state index >= 15 is 0 Å².